The van der Waals surface area contributed by atoms with E-state index in [4.69, 9.17) is 10.7 Å². The highest BCUT2D eigenvalue weighted by atomic mass is 35.7. The molecule has 0 unspecified atom stereocenters. The van der Waals surface area contributed by atoms with Crippen molar-refractivity contribution in [3.8, 4) is 0 Å². The smallest absolute Gasteiger partial charge is 0.338 e. The summed E-state index contributed by atoms with van der Waals surface area (Å²) in [5, 5.41) is 0. The van der Waals surface area contributed by atoms with Gasteiger partial charge in [-0.05, 0) is 29.7 Å². The minimum absolute atomic E-state index is 0.0511. The van der Waals surface area contributed by atoms with Crippen molar-refractivity contribution in [1.82, 2.24) is 4.90 Å². The lowest BCUT2D eigenvalue weighted by Gasteiger charge is -2.29. The summed E-state index contributed by atoms with van der Waals surface area (Å²) in [6, 6.07) is 4.20. The first-order chi connectivity index (χ1) is 9.56. The number of carbonyl (C=O) groups excluding carboxylic acids is 1. The van der Waals surface area contributed by atoms with Gasteiger partial charge in [0.15, 0.2) is 0 Å². The SMILES string of the molecule is O=C(CC(F)(F)F)N1CCc2ccc(S(=O)(=O)Cl)cc2C1. The van der Waals surface area contributed by atoms with Crippen LogP contribution >= 0.6 is 10.7 Å². The van der Waals surface area contributed by atoms with Gasteiger partial charge in [-0.2, -0.15) is 13.2 Å². The highest BCUT2D eigenvalue weighted by Gasteiger charge is 2.34. The van der Waals surface area contributed by atoms with Crippen molar-refractivity contribution in [3.63, 3.8) is 0 Å². The first kappa shape index (κ1) is 16.1. The average molecular weight is 342 g/mol. The molecule has 0 saturated carbocycles. The summed E-state index contributed by atoms with van der Waals surface area (Å²) >= 11 is 0. The first-order valence-corrected chi connectivity index (χ1v) is 8.28. The molecule has 1 aromatic rings. The second-order valence-corrected chi connectivity index (χ2v) is 7.29. The van der Waals surface area contributed by atoms with E-state index in [0.717, 1.165) is 10.5 Å². The fraction of sp³-hybridized carbons (Fsp3) is 0.417. The van der Waals surface area contributed by atoms with E-state index < -0.39 is 27.6 Å². The van der Waals surface area contributed by atoms with Gasteiger partial charge >= 0.3 is 6.18 Å². The third-order valence-electron chi connectivity index (χ3n) is 3.18. The molecule has 0 bridgehead atoms. The van der Waals surface area contributed by atoms with Crippen LogP contribution < -0.4 is 0 Å². The van der Waals surface area contributed by atoms with Crippen LogP contribution in [0.15, 0.2) is 23.1 Å². The normalized spacial score (nSPS) is 15.7. The third-order valence-corrected chi connectivity index (χ3v) is 4.53. The Morgan fingerprint density at radius 3 is 2.52 bits per heavy atom. The minimum atomic E-state index is -4.56. The van der Waals surface area contributed by atoms with Crippen molar-refractivity contribution in [1.29, 1.82) is 0 Å². The number of benzene rings is 1. The quantitative estimate of drug-likeness (QED) is 0.776. The zero-order valence-electron chi connectivity index (χ0n) is 10.7. The maximum Gasteiger partial charge on any atom is 0.397 e. The highest BCUT2D eigenvalue weighted by Crippen LogP contribution is 2.26. The summed E-state index contributed by atoms with van der Waals surface area (Å²) in [5.41, 5.74) is 1.30. The van der Waals surface area contributed by atoms with E-state index >= 15 is 0 Å². The molecule has 4 nitrogen and oxygen atoms in total. The predicted octanol–water partition coefficient (Wildman–Crippen LogP) is 2.45. The van der Waals surface area contributed by atoms with Gasteiger partial charge in [-0.3, -0.25) is 4.79 Å². The van der Waals surface area contributed by atoms with E-state index in [1.165, 1.54) is 12.1 Å². The Bertz CT molecular complexity index is 673. The Morgan fingerprint density at radius 1 is 1.29 bits per heavy atom. The second-order valence-electron chi connectivity index (χ2n) is 4.73. The molecule has 0 atom stereocenters. The number of carbonyl (C=O) groups is 1. The molecule has 9 heteroatoms. The van der Waals surface area contributed by atoms with Crippen LogP contribution in [0, 0.1) is 0 Å². The highest BCUT2D eigenvalue weighted by molar-refractivity contribution is 8.13. The Hall–Kier alpha value is -1.28. The van der Waals surface area contributed by atoms with E-state index in [1.54, 1.807) is 6.07 Å². The summed E-state index contributed by atoms with van der Waals surface area (Å²) in [6.45, 7) is 0.124. The molecule has 1 aliphatic heterocycles. The van der Waals surface area contributed by atoms with Crippen LogP contribution in [0.3, 0.4) is 0 Å². The van der Waals surface area contributed by atoms with Crippen LogP contribution in [0.4, 0.5) is 13.2 Å². The number of hydrogen-bond acceptors (Lipinski definition) is 3. The van der Waals surface area contributed by atoms with Crippen molar-refractivity contribution in [2.45, 2.75) is 30.5 Å². The zero-order valence-corrected chi connectivity index (χ0v) is 12.2. The van der Waals surface area contributed by atoms with Crippen LogP contribution in [-0.2, 0) is 26.8 Å². The standard InChI is InChI=1S/C12H11ClF3NO3S/c13-21(19,20)10-2-1-8-3-4-17(7-9(8)5-10)11(18)6-12(14,15)16/h1-2,5H,3-4,6-7H2. The van der Waals surface area contributed by atoms with Crippen LogP contribution in [0.5, 0.6) is 0 Å². The van der Waals surface area contributed by atoms with Crippen molar-refractivity contribution < 1.29 is 26.4 Å². The molecule has 21 heavy (non-hydrogen) atoms. The van der Waals surface area contributed by atoms with Gasteiger partial charge in [-0.25, -0.2) is 8.42 Å². The van der Waals surface area contributed by atoms with Crippen molar-refractivity contribution in [2.24, 2.45) is 0 Å². The molecule has 0 aliphatic carbocycles. The lowest BCUT2D eigenvalue weighted by molar-refractivity contribution is -0.162. The summed E-state index contributed by atoms with van der Waals surface area (Å²) < 4.78 is 59.2. The summed E-state index contributed by atoms with van der Waals surface area (Å²) in [5.74, 6) is -1.02. The maximum atomic E-state index is 12.2. The molecule has 1 amide bonds. The van der Waals surface area contributed by atoms with Crippen LogP contribution in [0.2, 0.25) is 0 Å². The van der Waals surface area contributed by atoms with Gasteiger partial charge in [-0.1, -0.05) is 6.07 Å². The van der Waals surface area contributed by atoms with E-state index in [9.17, 15) is 26.4 Å². The number of alkyl halides is 3. The molecule has 0 radical (unpaired) electrons. The summed E-state index contributed by atoms with van der Waals surface area (Å²) in [6.07, 6.45) is -5.70. The molecule has 1 aromatic carbocycles. The number of hydrogen-bond donors (Lipinski definition) is 0. The molecular formula is C12H11ClF3NO3S. The fourth-order valence-electron chi connectivity index (χ4n) is 2.18. The fourth-order valence-corrected chi connectivity index (χ4v) is 2.98. The van der Waals surface area contributed by atoms with Gasteiger partial charge in [0, 0.05) is 23.8 Å². The lowest BCUT2D eigenvalue weighted by Crippen LogP contribution is -2.38. The van der Waals surface area contributed by atoms with Gasteiger partial charge in [-0.15, -0.1) is 0 Å². The molecular weight excluding hydrogens is 331 g/mol. The lowest BCUT2D eigenvalue weighted by atomic mass is 9.99. The maximum absolute atomic E-state index is 12.2. The topological polar surface area (TPSA) is 54.5 Å². The number of rotatable bonds is 2. The van der Waals surface area contributed by atoms with Gasteiger partial charge < -0.3 is 4.90 Å². The third kappa shape index (κ3) is 4.10. The van der Waals surface area contributed by atoms with Gasteiger partial charge in [0.25, 0.3) is 9.05 Å². The van der Waals surface area contributed by atoms with Gasteiger partial charge in [0.05, 0.1) is 4.90 Å². The molecule has 0 aromatic heterocycles. The molecule has 2 rings (SSSR count). The largest absolute Gasteiger partial charge is 0.397 e. The number of nitrogens with zero attached hydrogens (tertiary/aromatic N) is 1. The monoisotopic (exact) mass is 341 g/mol. The Kier molecular flexibility index (Phi) is 4.21. The Morgan fingerprint density at radius 2 is 1.95 bits per heavy atom. The van der Waals surface area contributed by atoms with Crippen LogP contribution in [0.25, 0.3) is 0 Å². The summed E-state index contributed by atoms with van der Waals surface area (Å²) in [4.78, 5) is 12.5. The second kappa shape index (κ2) is 5.49. The van der Waals surface area contributed by atoms with Crippen LogP contribution in [-0.4, -0.2) is 31.9 Å². The van der Waals surface area contributed by atoms with E-state index in [1.807, 2.05) is 0 Å². The minimum Gasteiger partial charge on any atom is -0.338 e. The molecule has 1 heterocycles. The molecule has 0 saturated heterocycles. The Balaban J connectivity index is 2.21. The van der Waals surface area contributed by atoms with E-state index in [0.29, 0.717) is 12.0 Å². The van der Waals surface area contributed by atoms with Gasteiger partial charge in [0.2, 0.25) is 5.91 Å². The number of fused-ring (bicyclic) bond motifs is 1. The van der Waals surface area contributed by atoms with Gasteiger partial charge in [0.1, 0.15) is 6.42 Å². The number of halogens is 4. The first-order valence-electron chi connectivity index (χ1n) is 5.97. The molecule has 0 fully saturated rings. The number of amides is 1. The van der Waals surface area contributed by atoms with Crippen molar-refractivity contribution >= 4 is 25.6 Å². The van der Waals surface area contributed by atoms with E-state index in [2.05, 4.69) is 0 Å². The predicted molar refractivity (Wildman–Crippen MR) is 69.3 cm³/mol. The van der Waals surface area contributed by atoms with Crippen molar-refractivity contribution in [2.75, 3.05) is 6.54 Å². The van der Waals surface area contributed by atoms with Crippen LogP contribution in [0.1, 0.15) is 17.5 Å². The molecule has 116 valence electrons. The molecule has 1 aliphatic rings. The average Bonchev–Trinajstić information content (AvgIpc) is 2.34. The molecule has 0 N–H and O–H groups in total. The van der Waals surface area contributed by atoms with Crippen molar-refractivity contribution in [3.05, 3.63) is 29.3 Å². The zero-order chi connectivity index (χ0) is 15.8. The van der Waals surface area contributed by atoms with E-state index in [-0.39, 0.29) is 18.0 Å². The Labute approximate surface area is 123 Å². The molecule has 0 spiro atoms. The summed E-state index contributed by atoms with van der Waals surface area (Å²) in [7, 11) is 1.32.